The summed E-state index contributed by atoms with van der Waals surface area (Å²) in [6, 6.07) is 8.69. The molecule has 4 nitrogen and oxygen atoms in total. The van der Waals surface area contributed by atoms with E-state index in [4.69, 9.17) is 12.2 Å². The van der Waals surface area contributed by atoms with E-state index in [-0.39, 0.29) is 0 Å². The summed E-state index contributed by atoms with van der Waals surface area (Å²) in [5.41, 5.74) is 5.66. The summed E-state index contributed by atoms with van der Waals surface area (Å²) in [5.74, 6) is 0. The Morgan fingerprint density at radius 1 is 1.20 bits per heavy atom. The highest BCUT2D eigenvalue weighted by Crippen LogP contribution is 2.18. The minimum atomic E-state index is 0.746. The van der Waals surface area contributed by atoms with Crippen molar-refractivity contribution in [3.63, 3.8) is 0 Å². The number of nitrogens with one attached hydrogen (secondary N) is 1. The molecule has 0 fully saturated rings. The number of imidazole rings is 1. The highest BCUT2D eigenvalue weighted by molar-refractivity contribution is 7.71. The van der Waals surface area contributed by atoms with Gasteiger partial charge in [0.15, 0.2) is 10.4 Å². The quantitative estimate of drug-likeness (QED) is 0.750. The van der Waals surface area contributed by atoms with Crippen molar-refractivity contribution in [1.82, 2.24) is 19.3 Å². The van der Waals surface area contributed by atoms with Crippen molar-refractivity contribution in [3.05, 3.63) is 45.9 Å². The SMILES string of the molecule is CCc1ccc(Cn2c(=S)[nH]c3c(C)nn(C)c32)cc1. The van der Waals surface area contributed by atoms with E-state index in [1.807, 2.05) is 18.7 Å². The topological polar surface area (TPSA) is 38.5 Å². The van der Waals surface area contributed by atoms with Crippen molar-refractivity contribution in [2.24, 2.45) is 7.05 Å². The van der Waals surface area contributed by atoms with Crippen molar-refractivity contribution < 1.29 is 0 Å². The Bertz CT molecular complexity index is 805. The molecule has 1 N–H and O–H groups in total. The zero-order valence-electron chi connectivity index (χ0n) is 12.0. The first-order chi connectivity index (χ1) is 9.60. The zero-order chi connectivity index (χ0) is 14.3. The van der Waals surface area contributed by atoms with E-state index in [1.165, 1.54) is 11.1 Å². The molecule has 0 unspecified atom stereocenters. The van der Waals surface area contributed by atoms with Crippen LogP contribution in [0.3, 0.4) is 0 Å². The molecule has 0 radical (unpaired) electrons. The van der Waals surface area contributed by atoms with Gasteiger partial charge in [0.25, 0.3) is 0 Å². The fraction of sp³-hybridized carbons (Fsp3) is 0.333. The lowest BCUT2D eigenvalue weighted by atomic mass is 10.1. The summed E-state index contributed by atoms with van der Waals surface area (Å²) in [7, 11) is 1.95. The number of rotatable bonds is 3. The van der Waals surface area contributed by atoms with Gasteiger partial charge in [-0.1, -0.05) is 31.2 Å². The third kappa shape index (κ3) is 2.08. The maximum atomic E-state index is 5.44. The van der Waals surface area contributed by atoms with E-state index in [0.717, 1.165) is 34.6 Å². The predicted octanol–water partition coefficient (Wildman–Crippen LogP) is 3.35. The van der Waals surface area contributed by atoms with E-state index in [2.05, 4.69) is 45.8 Å². The van der Waals surface area contributed by atoms with Gasteiger partial charge in [-0.25, -0.2) is 0 Å². The average Bonchev–Trinajstić information content (AvgIpc) is 2.90. The summed E-state index contributed by atoms with van der Waals surface area (Å²) in [5, 5.41) is 4.44. The third-order valence-corrected chi connectivity index (χ3v) is 4.02. The summed E-state index contributed by atoms with van der Waals surface area (Å²) in [4.78, 5) is 3.25. The first-order valence-corrected chi connectivity index (χ1v) is 7.21. The molecule has 0 atom stereocenters. The van der Waals surface area contributed by atoms with Gasteiger partial charge in [0, 0.05) is 7.05 Å². The Morgan fingerprint density at radius 3 is 2.50 bits per heavy atom. The predicted molar refractivity (Wildman–Crippen MR) is 83.5 cm³/mol. The molecule has 2 aromatic heterocycles. The van der Waals surface area contributed by atoms with Crippen molar-refractivity contribution in [2.75, 3.05) is 0 Å². The highest BCUT2D eigenvalue weighted by atomic mass is 32.1. The Hall–Kier alpha value is -1.88. The molecule has 0 aliphatic heterocycles. The van der Waals surface area contributed by atoms with Crippen LogP contribution in [0.25, 0.3) is 11.2 Å². The first kappa shape index (κ1) is 13.1. The van der Waals surface area contributed by atoms with Crippen LogP contribution in [0.5, 0.6) is 0 Å². The standard InChI is InChI=1S/C15H18N4S/c1-4-11-5-7-12(8-6-11)9-19-14-13(16-15(19)20)10(2)17-18(14)3/h5-8H,4,9H2,1-3H3,(H,16,20). The number of hydrogen-bond donors (Lipinski definition) is 1. The number of aryl methyl sites for hydroxylation is 3. The molecule has 0 amide bonds. The second-order valence-electron chi connectivity index (χ2n) is 5.09. The zero-order valence-corrected chi connectivity index (χ0v) is 12.8. The number of nitrogens with zero attached hydrogens (tertiary/aromatic N) is 3. The van der Waals surface area contributed by atoms with Crippen molar-refractivity contribution in [1.29, 1.82) is 0 Å². The van der Waals surface area contributed by atoms with E-state index in [1.54, 1.807) is 0 Å². The molecule has 0 spiro atoms. The smallest absolute Gasteiger partial charge is 0.179 e. The number of fused-ring (bicyclic) bond motifs is 1. The molecular weight excluding hydrogens is 268 g/mol. The summed E-state index contributed by atoms with van der Waals surface area (Å²) < 4.78 is 4.74. The molecule has 0 aliphatic rings. The maximum absolute atomic E-state index is 5.44. The van der Waals surface area contributed by atoms with Crippen molar-refractivity contribution in [2.45, 2.75) is 26.8 Å². The number of aromatic nitrogens is 4. The number of hydrogen-bond acceptors (Lipinski definition) is 2. The normalized spacial score (nSPS) is 11.3. The summed E-state index contributed by atoms with van der Waals surface area (Å²) in [6.45, 7) is 4.93. The lowest BCUT2D eigenvalue weighted by molar-refractivity contribution is 0.715. The van der Waals surface area contributed by atoms with Gasteiger partial charge in [-0.2, -0.15) is 5.10 Å². The molecular formula is C15H18N4S. The van der Waals surface area contributed by atoms with Crippen LogP contribution in [0.15, 0.2) is 24.3 Å². The number of aromatic amines is 1. The molecule has 5 heteroatoms. The van der Waals surface area contributed by atoms with Crippen LogP contribution in [-0.4, -0.2) is 19.3 Å². The Kier molecular flexibility index (Phi) is 3.22. The monoisotopic (exact) mass is 286 g/mol. The second-order valence-corrected chi connectivity index (χ2v) is 5.48. The molecule has 20 heavy (non-hydrogen) atoms. The van der Waals surface area contributed by atoms with Crippen LogP contribution >= 0.6 is 12.2 Å². The van der Waals surface area contributed by atoms with Crippen LogP contribution in [0.2, 0.25) is 0 Å². The minimum Gasteiger partial charge on any atom is -0.328 e. The van der Waals surface area contributed by atoms with Gasteiger partial charge in [-0.3, -0.25) is 9.25 Å². The largest absolute Gasteiger partial charge is 0.328 e. The van der Waals surface area contributed by atoms with Gasteiger partial charge in [-0.15, -0.1) is 0 Å². The Balaban J connectivity index is 2.05. The van der Waals surface area contributed by atoms with E-state index < -0.39 is 0 Å². The van der Waals surface area contributed by atoms with E-state index in [9.17, 15) is 0 Å². The van der Waals surface area contributed by atoms with Gasteiger partial charge in [0.2, 0.25) is 0 Å². The molecule has 2 heterocycles. The van der Waals surface area contributed by atoms with Crippen LogP contribution < -0.4 is 0 Å². The first-order valence-electron chi connectivity index (χ1n) is 6.80. The van der Waals surface area contributed by atoms with Crippen LogP contribution in [-0.2, 0) is 20.0 Å². The number of H-pyrrole nitrogens is 1. The molecule has 1 aromatic carbocycles. The minimum absolute atomic E-state index is 0.746. The lowest BCUT2D eigenvalue weighted by Crippen LogP contribution is -2.04. The van der Waals surface area contributed by atoms with Crippen LogP contribution in [0.1, 0.15) is 23.7 Å². The second kappa shape index (κ2) is 4.90. The molecule has 3 aromatic rings. The van der Waals surface area contributed by atoms with Crippen LogP contribution in [0, 0.1) is 11.7 Å². The molecule has 0 bridgehead atoms. The maximum Gasteiger partial charge on any atom is 0.179 e. The van der Waals surface area contributed by atoms with Gasteiger partial charge in [0.1, 0.15) is 5.52 Å². The highest BCUT2D eigenvalue weighted by Gasteiger charge is 2.12. The molecule has 3 rings (SSSR count). The van der Waals surface area contributed by atoms with Gasteiger partial charge < -0.3 is 4.98 Å². The Morgan fingerprint density at radius 2 is 1.85 bits per heavy atom. The fourth-order valence-corrected chi connectivity index (χ4v) is 2.84. The molecule has 104 valence electrons. The van der Waals surface area contributed by atoms with Crippen molar-refractivity contribution >= 4 is 23.4 Å². The van der Waals surface area contributed by atoms with Gasteiger partial charge in [0.05, 0.1) is 12.2 Å². The average molecular weight is 286 g/mol. The van der Waals surface area contributed by atoms with Gasteiger partial charge >= 0.3 is 0 Å². The molecule has 0 saturated heterocycles. The Labute approximate surface area is 123 Å². The molecule has 0 saturated carbocycles. The summed E-state index contributed by atoms with van der Waals surface area (Å²) >= 11 is 5.44. The third-order valence-electron chi connectivity index (χ3n) is 3.70. The van der Waals surface area contributed by atoms with Crippen LogP contribution in [0.4, 0.5) is 0 Å². The van der Waals surface area contributed by atoms with Gasteiger partial charge in [-0.05, 0) is 36.7 Å². The molecule has 0 aliphatic carbocycles. The summed E-state index contributed by atoms with van der Waals surface area (Å²) in [6.07, 6.45) is 1.06. The van der Waals surface area contributed by atoms with E-state index >= 15 is 0 Å². The fourth-order valence-electron chi connectivity index (χ4n) is 2.58. The lowest BCUT2D eigenvalue weighted by Gasteiger charge is -2.06. The number of benzene rings is 1. The van der Waals surface area contributed by atoms with E-state index in [0.29, 0.717) is 0 Å². The van der Waals surface area contributed by atoms with Crippen molar-refractivity contribution in [3.8, 4) is 0 Å².